The van der Waals surface area contributed by atoms with E-state index in [1.165, 1.54) is 5.56 Å². The summed E-state index contributed by atoms with van der Waals surface area (Å²) in [6, 6.07) is 22.6. The highest BCUT2D eigenvalue weighted by Gasteiger charge is 2.42. The summed E-state index contributed by atoms with van der Waals surface area (Å²) in [5.74, 6) is 0.911. The van der Waals surface area contributed by atoms with Crippen molar-refractivity contribution in [1.29, 1.82) is 0 Å². The lowest BCUT2D eigenvalue weighted by Crippen LogP contribution is -2.29. The number of aromatic nitrogens is 3. The zero-order valence-electron chi connectivity index (χ0n) is 19.8. The Kier molecular flexibility index (Phi) is 5.79. The second kappa shape index (κ2) is 8.91. The smallest absolute Gasteiger partial charge is 0.174 e. The molecule has 4 heterocycles. The van der Waals surface area contributed by atoms with Crippen molar-refractivity contribution in [3.8, 4) is 5.82 Å². The minimum atomic E-state index is -0.0834. The summed E-state index contributed by atoms with van der Waals surface area (Å²) in [5.41, 5.74) is 6.63. The van der Waals surface area contributed by atoms with Gasteiger partial charge >= 0.3 is 0 Å². The molecule has 3 aromatic heterocycles. The van der Waals surface area contributed by atoms with E-state index >= 15 is 0 Å². The lowest BCUT2D eigenvalue weighted by Gasteiger charge is -2.28. The maximum atomic E-state index is 5.89. The molecule has 5 rings (SSSR count). The van der Waals surface area contributed by atoms with Crippen LogP contribution in [-0.2, 0) is 0 Å². The second-order valence-electron chi connectivity index (χ2n) is 8.76. The Balaban J connectivity index is 1.65. The van der Waals surface area contributed by atoms with Crippen LogP contribution in [0.5, 0.6) is 0 Å². The Bertz CT molecular complexity index is 1300. The van der Waals surface area contributed by atoms with Gasteiger partial charge in [0, 0.05) is 49.3 Å². The van der Waals surface area contributed by atoms with E-state index in [0.29, 0.717) is 5.11 Å². The predicted octanol–water partition coefficient (Wildman–Crippen LogP) is 5.13. The van der Waals surface area contributed by atoms with Gasteiger partial charge in [0.25, 0.3) is 0 Å². The normalized spacial score (nSPS) is 17.6. The molecule has 172 valence electrons. The van der Waals surface area contributed by atoms with E-state index < -0.39 is 0 Å². The Morgan fingerprint density at radius 1 is 0.912 bits per heavy atom. The number of hydrogen-bond acceptors (Lipinski definition) is 4. The molecule has 0 radical (unpaired) electrons. The van der Waals surface area contributed by atoms with Gasteiger partial charge in [-0.3, -0.25) is 4.98 Å². The molecule has 0 saturated carbocycles. The van der Waals surface area contributed by atoms with Crippen molar-refractivity contribution >= 4 is 28.7 Å². The maximum absolute atomic E-state index is 5.89. The highest BCUT2D eigenvalue weighted by molar-refractivity contribution is 7.80. The zero-order valence-corrected chi connectivity index (χ0v) is 20.6. The molecule has 0 amide bonds. The summed E-state index contributed by atoms with van der Waals surface area (Å²) in [7, 11) is 4.09. The number of benzene rings is 1. The van der Waals surface area contributed by atoms with Crippen LogP contribution in [0.25, 0.3) is 5.82 Å². The van der Waals surface area contributed by atoms with Crippen molar-refractivity contribution in [2.75, 3.05) is 23.9 Å². The monoisotopic (exact) mass is 468 g/mol. The molecular formula is C27H28N6S. The predicted molar refractivity (Wildman–Crippen MR) is 142 cm³/mol. The molecule has 0 spiro atoms. The van der Waals surface area contributed by atoms with Gasteiger partial charge in [0.05, 0.1) is 17.8 Å². The molecule has 1 N–H and O–H groups in total. The van der Waals surface area contributed by atoms with Crippen molar-refractivity contribution < 1.29 is 0 Å². The number of pyridine rings is 2. The fraction of sp³-hybridized carbons (Fsp3) is 0.222. The van der Waals surface area contributed by atoms with E-state index in [1.54, 1.807) is 0 Å². The first-order valence-electron chi connectivity index (χ1n) is 11.3. The van der Waals surface area contributed by atoms with E-state index in [9.17, 15) is 0 Å². The largest absolute Gasteiger partial charge is 0.378 e. The molecule has 4 aromatic rings. The summed E-state index contributed by atoms with van der Waals surface area (Å²) in [6.45, 7) is 4.28. The van der Waals surface area contributed by atoms with Crippen LogP contribution in [0.4, 0.5) is 11.4 Å². The molecule has 34 heavy (non-hydrogen) atoms. The number of aryl methyl sites for hydroxylation is 1. The fourth-order valence-electron chi connectivity index (χ4n) is 4.79. The van der Waals surface area contributed by atoms with E-state index in [0.717, 1.165) is 34.3 Å². The summed E-state index contributed by atoms with van der Waals surface area (Å²) in [6.07, 6.45) is 3.66. The van der Waals surface area contributed by atoms with Gasteiger partial charge in [0.15, 0.2) is 5.11 Å². The van der Waals surface area contributed by atoms with E-state index in [4.69, 9.17) is 12.2 Å². The van der Waals surface area contributed by atoms with Gasteiger partial charge in [0.1, 0.15) is 5.82 Å². The average molecular weight is 469 g/mol. The molecule has 0 unspecified atom stereocenters. The molecule has 1 fully saturated rings. The van der Waals surface area contributed by atoms with Gasteiger partial charge in [0.2, 0.25) is 0 Å². The summed E-state index contributed by atoms with van der Waals surface area (Å²) >= 11 is 5.89. The molecule has 0 aliphatic carbocycles. The first-order valence-corrected chi connectivity index (χ1v) is 11.7. The van der Waals surface area contributed by atoms with Crippen molar-refractivity contribution in [2.45, 2.75) is 25.9 Å². The fourth-order valence-corrected chi connectivity index (χ4v) is 5.13. The number of anilines is 2. The molecule has 1 aliphatic rings. The summed E-state index contributed by atoms with van der Waals surface area (Å²) in [4.78, 5) is 13.6. The molecule has 1 saturated heterocycles. The van der Waals surface area contributed by atoms with Crippen molar-refractivity contribution in [1.82, 2.24) is 19.9 Å². The number of rotatable bonds is 5. The van der Waals surface area contributed by atoms with Gasteiger partial charge in [-0.25, -0.2) is 4.98 Å². The summed E-state index contributed by atoms with van der Waals surface area (Å²) in [5, 5.41) is 4.26. The zero-order chi connectivity index (χ0) is 23.8. The second-order valence-corrected chi connectivity index (χ2v) is 9.14. The van der Waals surface area contributed by atoms with Crippen LogP contribution < -0.4 is 15.1 Å². The van der Waals surface area contributed by atoms with Crippen LogP contribution in [0.1, 0.15) is 34.7 Å². The third-order valence-corrected chi connectivity index (χ3v) is 6.72. The minimum Gasteiger partial charge on any atom is -0.378 e. The van der Waals surface area contributed by atoms with Crippen LogP contribution in [-0.4, -0.2) is 33.7 Å². The maximum Gasteiger partial charge on any atom is 0.174 e. The number of nitrogens with zero attached hydrogens (tertiary/aromatic N) is 5. The topological polar surface area (TPSA) is 49.2 Å². The highest BCUT2D eigenvalue weighted by Crippen LogP contribution is 2.43. The van der Waals surface area contributed by atoms with Crippen LogP contribution >= 0.6 is 12.2 Å². The Labute approximate surface area is 205 Å². The number of nitrogens with one attached hydrogen (secondary N) is 1. The third-order valence-electron chi connectivity index (χ3n) is 6.41. The summed E-state index contributed by atoms with van der Waals surface area (Å²) < 4.78 is 2.21. The van der Waals surface area contributed by atoms with Crippen molar-refractivity contribution in [2.24, 2.45) is 0 Å². The van der Waals surface area contributed by atoms with Gasteiger partial charge in [-0.2, -0.15) is 0 Å². The van der Waals surface area contributed by atoms with Gasteiger partial charge in [-0.05, 0) is 86.2 Å². The Morgan fingerprint density at radius 2 is 1.62 bits per heavy atom. The highest BCUT2D eigenvalue weighted by atomic mass is 32.1. The Morgan fingerprint density at radius 3 is 2.24 bits per heavy atom. The van der Waals surface area contributed by atoms with Crippen molar-refractivity contribution in [3.05, 3.63) is 102 Å². The van der Waals surface area contributed by atoms with Crippen LogP contribution in [0.15, 0.2) is 79.1 Å². The average Bonchev–Trinajstić information content (AvgIpc) is 3.35. The quantitative estimate of drug-likeness (QED) is 0.410. The Hall–Kier alpha value is -3.71. The minimum absolute atomic E-state index is 0.0590. The molecule has 0 bridgehead atoms. The van der Waals surface area contributed by atoms with Crippen molar-refractivity contribution in [3.63, 3.8) is 0 Å². The standard InChI is InChI=1S/C27H28N6S/c1-18-17-22(19(2)32(18)24-10-6-8-16-29-24)26-25(23-9-5-7-15-28-23)30-27(34)33(26)21-13-11-20(12-14-21)31(3)4/h5-17,25-26H,1-4H3,(H,30,34)/t25-,26+/m0/s1. The van der Waals surface area contributed by atoms with Crippen LogP contribution in [0.3, 0.4) is 0 Å². The molecular weight excluding hydrogens is 440 g/mol. The lowest BCUT2D eigenvalue weighted by molar-refractivity contribution is 0.565. The molecule has 1 aromatic carbocycles. The van der Waals surface area contributed by atoms with E-state index in [1.807, 2.05) is 56.8 Å². The molecule has 2 atom stereocenters. The van der Waals surface area contributed by atoms with E-state index in [2.05, 4.69) is 79.9 Å². The van der Waals surface area contributed by atoms with Crippen LogP contribution in [0.2, 0.25) is 0 Å². The molecule has 7 heteroatoms. The molecule has 1 aliphatic heterocycles. The van der Waals surface area contributed by atoms with Gasteiger partial charge in [-0.1, -0.05) is 12.1 Å². The lowest BCUT2D eigenvalue weighted by atomic mass is 9.96. The first-order chi connectivity index (χ1) is 16.5. The third kappa shape index (κ3) is 3.82. The number of hydrogen-bond donors (Lipinski definition) is 1. The van der Waals surface area contributed by atoms with E-state index in [-0.39, 0.29) is 12.1 Å². The van der Waals surface area contributed by atoms with Gasteiger partial charge < -0.3 is 19.7 Å². The van der Waals surface area contributed by atoms with Crippen LogP contribution in [0, 0.1) is 13.8 Å². The number of thiocarbonyl (C=S) groups is 1. The van der Waals surface area contributed by atoms with Gasteiger partial charge in [-0.15, -0.1) is 0 Å². The molecule has 6 nitrogen and oxygen atoms in total. The SMILES string of the molecule is Cc1cc([C@@H]2[C@H](c3ccccn3)NC(=S)N2c2ccc(N(C)C)cc2)c(C)n1-c1ccccn1. The first kappa shape index (κ1) is 22.1.